The van der Waals surface area contributed by atoms with Gasteiger partial charge in [-0.15, -0.1) is 0 Å². The molecule has 5 atom stereocenters. The number of carbonyl (C=O) groups is 2. The highest BCUT2D eigenvalue weighted by atomic mass is 16.7. The molecule has 5 N–H and O–H groups in total. The standard InChI is InChI=1S/C22H22O10/c23-7-8-30-21-13(31-22-20(29)19(28)18(27)14(9-24)32-22)6-5-12-15(21)17(26)11-4-2-1-3-10(11)16(12)25/h1-6,14,18-20,22-24,27-29H,7-9H2/t14-,18-,19+,20-,22+/m0/s1. The topological polar surface area (TPSA) is 163 Å². The SMILES string of the molecule is O=C1c2ccccc2C(=O)c2c1ccc(O[C@@H]1O[C@@H](CO)[C@H](O)[C@@H](O)[C@@H]1O)c2OCCO. The molecule has 0 spiro atoms. The summed E-state index contributed by atoms with van der Waals surface area (Å²) in [6, 6.07) is 9.04. The molecule has 1 aliphatic carbocycles. The summed E-state index contributed by atoms with van der Waals surface area (Å²) in [6.45, 7) is -1.25. The van der Waals surface area contributed by atoms with Gasteiger partial charge in [-0.05, 0) is 12.1 Å². The molecular formula is C22H22O10. The van der Waals surface area contributed by atoms with Crippen molar-refractivity contribution in [3.63, 3.8) is 0 Å². The molecule has 0 bridgehead atoms. The van der Waals surface area contributed by atoms with E-state index in [-0.39, 0.29) is 52.7 Å². The zero-order valence-electron chi connectivity index (χ0n) is 16.7. The van der Waals surface area contributed by atoms with Gasteiger partial charge in [-0.3, -0.25) is 9.59 Å². The van der Waals surface area contributed by atoms with Crippen molar-refractivity contribution in [3.05, 3.63) is 58.7 Å². The van der Waals surface area contributed by atoms with Gasteiger partial charge in [0.05, 0.1) is 18.8 Å². The first-order chi connectivity index (χ1) is 15.4. The summed E-state index contributed by atoms with van der Waals surface area (Å²) in [7, 11) is 0. The Labute approximate surface area is 182 Å². The minimum absolute atomic E-state index is 0.0655. The lowest BCUT2D eigenvalue weighted by Gasteiger charge is -2.39. The molecule has 32 heavy (non-hydrogen) atoms. The van der Waals surface area contributed by atoms with Crippen LogP contribution in [0.1, 0.15) is 31.8 Å². The highest BCUT2D eigenvalue weighted by Crippen LogP contribution is 2.40. The third-order valence-electron chi connectivity index (χ3n) is 5.44. The van der Waals surface area contributed by atoms with Gasteiger partial charge in [0.25, 0.3) is 0 Å². The molecule has 0 unspecified atom stereocenters. The quantitative estimate of drug-likeness (QED) is 0.318. The summed E-state index contributed by atoms with van der Waals surface area (Å²) in [5.74, 6) is -1.10. The van der Waals surface area contributed by atoms with Gasteiger partial charge in [0, 0.05) is 16.7 Å². The first-order valence-corrected chi connectivity index (χ1v) is 9.95. The van der Waals surface area contributed by atoms with E-state index < -0.39 is 43.1 Å². The van der Waals surface area contributed by atoms with Gasteiger partial charge >= 0.3 is 0 Å². The van der Waals surface area contributed by atoms with Crippen LogP contribution >= 0.6 is 0 Å². The van der Waals surface area contributed by atoms with Gasteiger partial charge in [-0.25, -0.2) is 0 Å². The predicted molar refractivity (Wildman–Crippen MR) is 107 cm³/mol. The maximum atomic E-state index is 13.2. The maximum Gasteiger partial charge on any atom is 0.229 e. The molecule has 1 saturated heterocycles. The van der Waals surface area contributed by atoms with E-state index in [1.807, 2.05) is 0 Å². The number of benzene rings is 2. The van der Waals surface area contributed by atoms with Crippen LogP contribution in [-0.4, -0.2) is 87.6 Å². The Balaban J connectivity index is 1.75. The van der Waals surface area contributed by atoms with E-state index in [9.17, 15) is 35.1 Å². The molecule has 0 aromatic heterocycles. The summed E-state index contributed by atoms with van der Waals surface area (Å²) in [5.41, 5.74) is 0.455. The predicted octanol–water partition coefficient (Wildman–Crippen LogP) is -0.988. The molecule has 10 nitrogen and oxygen atoms in total. The van der Waals surface area contributed by atoms with Crippen molar-refractivity contribution in [1.29, 1.82) is 0 Å². The number of carbonyl (C=O) groups excluding carboxylic acids is 2. The highest BCUT2D eigenvalue weighted by Gasteiger charge is 2.45. The van der Waals surface area contributed by atoms with Crippen LogP contribution in [0.2, 0.25) is 0 Å². The van der Waals surface area contributed by atoms with E-state index in [0.717, 1.165) is 0 Å². The van der Waals surface area contributed by atoms with Crippen molar-refractivity contribution in [2.75, 3.05) is 19.8 Å². The molecule has 1 heterocycles. The van der Waals surface area contributed by atoms with Crippen molar-refractivity contribution in [2.24, 2.45) is 0 Å². The number of aliphatic hydroxyl groups excluding tert-OH is 5. The summed E-state index contributed by atoms with van der Waals surface area (Å²) in [6.07, 6.45) is -7.65. The Morgan fingerprint density at radius 2 is 1.53 bits per heavy atom. The molecule has 170 valence electrons. The molecule has 0 amide bonds. The van der Waals surface area contributed by atoms with E-state index in [1.54, 1.807) is 18.2 Å². The van der Waals surface area contributed by atoms with Gasteiger partial charge in [-0.2, -0.15) is 0 Å². The second kappa shape index (κ2) is 8.94. The molecule has 0 saturated carbocycles. The third-order valence-corrected chi connectivity index (χ3v) is 5.44. The Hall–Kier alpha value is -2.86. The van der Waals surface area contributed by atoms with Gasteiger partial charge in [0.2, 0.25) is 6.29 Å². The third kappa shape index (κ3) is 3.66. The lowest BCUT2D eigenvalue weighted by atomic mass is 9.83. The van der Waals surface area contributed by atoms with Crippen LogP contribution in [0.5, 0.6) is 11.5 Å². The number of ether oxygens (including phenoxy) is 3. The number of fused-ring (bicyclic) bond motifs is 2. The van der Waals surface area contributed by atoms with Crippen LogP contribution in [0.25, 0.3) is 0 Å². The average Bonchev–Trinajstić information content (AvgIpc) is 2.81. The molecule has 2 aliphatic rings. The normalized spacial score (nSPS) is 27.0. The van der Waals surface area contributed by atoms with Crippen molar-refractivity contribution in [3.8, 4) is 11.5 Å². The number of aliphatic hydroxyl groups is 5. The van der Waals surface area contributed by atoms with Crippen LogP contribution in [0.3, 0.4) is 0 Å². The smallest absolute Gasteiger partial charge is 0.229 e. The summed E-state index contributed by atoms with van der Waals surface area (Å²) in [5, 5.41) is 48.8. The lowest BCUT2D eigenvalue weighted by Crippen LogP contribution is -2.60. The van der Waals surface area contributed by atoms with Crippen LogP contribution in [0.4, 0.5) is 0 Å². The van der Waals surface area contributed by atoms with Crippen LogP contribution in [0.15, 0.2) is 36.4 Å². The molecule has 1 fully saturated rings. The minimum Gasteiger partial charge on any atom is -0.486 e. The van der Waals surface area contributed by atoms with E-state index in [4.69, 9.17) is 14.2 Å². The number of ketones is 2. The van der Waals surface area contributed by atoms with Crippen molar-refractivity contribution >= 4 is 11.6 Å². The molecule has 1 aliphatic heterocycles. The maximum absolute atomic E-state index is 13.2. The van der Waals surface area contributed by atoms with Gasteiger partial charge < -0.3 is 39.7 Å². The van der Waals surface area contributed by atoms with Gasteiger partial charge in [0.1, 0.15) is 31.0 Å². The number of rotatable bonds is 6. The number of hydrogen-bond donors (Lipinski definition) is 5. The average molecular weight is 446 g/mol. The second-order valence-corrected chi connectivity index (χ2v) is 7.41. The Morgan fingerprint density at radius 1 is 0.844 bits per heavy atom. The van der Waals surface area contributed by atoms with E-state index in [2.05, 4.69) is 0 Å². The molecule has 0 radical (unpaired) electrons. The number of hydrogen-bond acceptors (Lipinski definition) is 10. The molecule has 4 rings (SSSR count). The van der Waals surface area contributed by atoms with Crippen LogP contribution in [0, 0.1) is 0 Å². The van der Waals surface area contributed by atoms with Crippen LogP contribution < -0.4 is 9.47 Å². The first-order valence-electron chi connectivity index (χ1n) is 9.95. The minimum atomic E-state index is -1.69. The van der Waals surface area contributed by atoms with Crippen molar-refractivity contribution in [1.82, 2.24) is 0 Å². The molecule has 2 aromatic rings. The molecule has 2 aromatic carbocycles. The fourth-order valence-electron chi connectivity index (χ4n) is 3.81. The Bertz CT molecular complexity index is 1030. The fraction of sp³-hybridized carbons (Fsp3) is 0.364. The monoisotopic (exact) mass is 446 g/mol. The van der Waals surface area contributed by atoms with Crippen molar-refractivity contribution in [2.45, 2.75) is 30.7 Å². The largest absolute Gasteiger partial charge is 0.486 e. The summed E-state index contributed by atoms with van der Waals surface area (Å²) in [4.78, 5) is 26.1. The van der Waals surface area contributed by atoms with Gasteiger partial charge in [-0.1, -0.05) is 24.3 Å². The molecule has 10 heteroatoms. The van der Waals surface area contributed by atoms with Gasteiger partial charge in [0.15, 0.2) is 23.1 Å². The van der Waals surface area contributed by atoms with E-state index >= 15 is 0 Å². The lowest BCUT2D eigenvalue weighted by molar-refractivity contribution is -0.277. The van der Waals surface area contributed by atoms with E-state index in [1.165, 1.54) is 18.2 Å². The zero-order valence-corrected chi connectivity index (χ0v) is 16.7. The zero-order chi connectivity index (χ0) is 23.0. The summed E-state index contributed by atoms with van der Waals surface area (Å²) < 4.78 is 16.6. The molecular weight excluding hydrogens is 424 g/mol. The second-order valence-electron chi connectivity index (χ2n) is 7.41. The Morgan fingerprint density at radius 3 is 2.19 bits per heavy atom. The van der Waals surface area contributed by atoms with E-state index in [0.29, 0.717) is 0 Å². The van der Waals surface area contributed by atoms with Crippen LogP contribution in [-0.2, 0) is 4.74 Å². The highest BCUT2D eigenvalue weighted by molar-refractivity contribution is 6.29. The Kier molecular flexibility index (Phi) is 6.24. The first kappa shape index (κ1) is 22.3. The fourth-order valence-corrected chi connectivity index (χ4v) is 3.81. The van der Waals surface area contributed by atoms with Crippen molar-refractivity contribution < 1.29 is 49.3 Å². The summed E-state index contributed by atoms with van der Waals surface area (Å²) >= 11 is 0.